The number of benzene rings is 2. The normalized spacial score (nSPS) is 13.8. The quantitative estimate of drug-likeness (QED) is 0.793. The summed E-state index contributed by atoms with van der Waals surface area (Å²) in [4.78, 5) is 29.7. The Labute approximate surface area is 143 Å². The number of fused-ring (bicyclic) bond motifs is 1. The SMILES string of the molecule is O=C(c1cc2ccccc2c(=O)[nH]1)N(Cc1ccc(F)cc1)C1CC1. The molecule has 3 aromatic rings. The highest BCUT2D eigenvalue weighted by Crippen LogP contribution is 2.29. The van der Waals surface area contributed by atoms with Gasteiger partial charge in [0, 0.05) is 18.0 Å². The monoisotopic (exact) mass is 336 g/mol. The number of halogens is 1. The highest BCUT2D eigenvalue weighted by Gasteiger charge is 2.33. The van der Waals surface area contributed by atoms with E-state index in [1.54, 1.807) is 35.2 Å². The maximum absolute atomic E-state index is 13.1. The number of H-pyrrole nitrogens is 1. The van der Waals surface area contributed by atoms with Gasteiger partial charge in [-0.1, -0.05) is 30.3 Å². The Bertz CT molecular complexity index is 990. The maximum Gasteiger partial charge on any atom is 0.270 e. The van der Waals surface area contributed by atoms with E-state index in [2.05, 4.69) is 4.98 Å². The molecule has 0 spiro atoms. The number of pyridine rings is 1. The standard InChI is InChI=1S/C20H17FN2O2/c21-15-7-5-13(6-8-15)12-23(16-9-10-16)20(25)18-11-14-3-1-2-4-17(14)19(24)22-18/h1-8,11,16H,9-10,12H2,(H,22,24). The molecule has 1 heterocycles. The number of aromatic amines is 1. The van der Waals surface area contributed by atoms with Crippen molar-refractivity contribution in [3.63, 3.8) is 0 Å². The smallest absolute Gasteiger partial charge is 0.270 e. The maximum atomic E-state index is 13.1. The van der Waals surface area contributed by atoms with Crippen molar-refractivity contribution in [2.45, 2.75) is 25.4 Å². The Morgan fingerprint density at radius 3 is 2.56 bits per heavy atom. The minimum absolute atomic E-state index is 0.174. The van der Waals surface area contributed by atoms with Gasteiger partial charge in [-0.2, -0.15) is 0 Å². The number of hydrogen-bond donors (Lipinski definition) is 1. The van der Waals surface area contributed by atoms with Crippen LogP contribution in [0.5, 0.6) is 0 Å². The first-order valence-corrected chi connectivity index (χ1v) is 8.29. The predicted molar refractivity (Wildman–Crippen MR) is 93.9 cm³/mol. The van der Waals surface area contributed by atoms with Gasteiger partial charge in [-0.05, 0) is 48.1 Å². The molecule has 0 aliphatic heterocycles. The molecule has 4 nitrogen and oxygen atoms in total. The minimum atomic E-state index is -0.299. The summed E-state index contributed by atoms with van der Waals surface area (Å²) in [5.41, 5.74) is 0.890. The predicted octanol–water partition coefficient (Wildman–Crippen LogP) is 3.47. The lowest BCUT2D eigenvalue weighted by Gasteiger charge is -2.22. The number of rotatable bonds is 4. The third-order valence-electron chi connectivity index (χ3n) is 4.50. The van der Waals surface area contributed by atoms with Crippen LogP contribution in [-0.4, -0.2) is 21.8 Å². The number of hydrogen-bond acceptors (Lipinski definition) is 2. The number of carbonyl (C=O) groups excluding carboxylic acids is 1. The minimum Gasteiger partial charge on any atom is -0.330 e. The summed E-state index contributed by atoms with van der Waals surface area (Å²) in [6.45, 7) is 0.401. The van der Waals surface area contributed by atoms with E-state index in [1.165, 1.54) is 12.1 Å². The molecule has 1 N–H and O–H groups in total. The van der Waals surface area contributed by atoms with Crippen molar-refractivity contribution < 1.29 is 9.18 Å². The van der Waals surface area contributed by atoms with Gasteiger partial charge in [0.25, 0.3) is 11.5 Å². The summed E-state index contributed by atoms with van der Waals surface area (Å²) in [7, 11) is 0. The molecule has 1 aliphatic rings. The Morgan fingerprint density at radius 2 is 1.84 bits per heavy atom. The molecule has 0 saturated heterocycles. The molecule has 0 radical (unpaired) electrons. The zero-order valence-corrected chi connectivity index (χ0v) is 13.5. The molecule has 4 rings (SSSR count). The molecule has 1 saturated carbocycles. The molecule has 126 valence electrons. The molecule has 0 unspecified atom stereocenters. The summed E-state index contributed by atoms with van der Waals surface area (Å²) in [6.07, 6.45) is 1.90. The van der Waals surface area contributed by atoms with Crippen molar-refractivity contribution in [2.75, 3.05) is 0 Å². The summed E-state index contributed by atoms with van der Waals surface area (Å²) in [5, 5.41) is 1.31. The first kappa shape index (κ1) is 15.6. The second-order valence-electron chi connectivity index (χ2n) is 6.39. The molecule has 1 fully saturated rings. The van der Waals surface area contributed by atoms with Crippen molar-refractivity contribution in [2.24, 2.45) is 0 Å². The lowest BCUT2D eigenvalue weighted by atomic mass is 10.1. The molecular weight excluding hydrogens is 319 g/mol. The highest BCUT2D eigenvalue weighted by atomic mass is 19.1. The van der Waals surface area contributed by atoms with E-state index in [4.69, 9.17) is 0 Å². The number of aromatic nitrogens is 1. The fraction of sp³-hybridized carbons (Fsp3) is 0.200. The molecule has 1 amide bonds. The van der Waals surface area contributed by atoms with E-state index < -0.39 is 0 Å². The van der Waals surface area contributed by atoms with E-state index in [1.807, 2.05) is 12.1 Å². The Morgan fingerprint density at radius 1 is 1.12 bits per heavy atom. The van der Waals surface area contributed by atoms with Gasteiger partial charge < -0.3 is 9.88 Å². The van der Waals surface area contributed by atoms with Crippen LogP contribution in [0.2, 0.25) is 0 Å². The molecule has 1 aliphatic carbocycles. The van der Waals surface area contributed by atoms with Gasteiger partial charge in [-0.3, -0.25) is 9.59 Å². The van der Waals surface area contributed by atoms with Crippen LogP contribution >= 0.6 is 0 Å². The average Bonchev–Trinajstić information content (AvgIpc) is 3.45. The zero-order valence-electron chi connectivity index (χ0n) is 13.5. The average molecular weight is 336 g/mol. The van der Waals surface area contributed by atoms with Crippen LogP contribution in [0.4, 0.5) is 4.39 Å². The number of nitrogens with one attached hydrogen (secondary N) is 1. The van der Waals surface area contributed by atoms with Crippen molar-refractivity contribution in [1.82, 2.24) is 9.88 Å². The van der Waals surface area contributed by atoms with E-state index in [9.17, 15) is 14.0 Å². The first-order chi connectivity index (χ1) is 12.1. The second-order valence-corrected chi connectivity index (χ2v) is 6.39. The Balaban J connectivity index is 1.67. The fourth-order valence-electron chi connectivity index (χ4n) is 3.02. The number of carbonyl (C=O) groups is 1. The van der Waals surface area contributed by atoms with Crippen molar-refractivity contribution in [3.8, 4) is 0 Å². The van der Waals surface area contributed by atoms with E-state index in [0.717, 1.165) is 23.8 Å². The molecule has 0 bridgehead atoms. The molecule has 0 atom stereocenters. The van der Waals surface area contributed by atoms with Crippen LogP contribution < -0.4 is 5.56 Å². The van der Waals surface area contributed by atoms with Gasteiger partial charge in [0.1, 0.15) is 11.5 Å². The largest absolute Gasteiger partial charge is 0.330 e. The van der Waals surface area contributed by atoms with Gasteiger partial charge >= 0.3 is 0 Å². The number of nitrogens with zero attached hydrogens (tertiary/aromatic N) is 1. The van der Waals surface area contributed by atoms with Gasteiger partial charge in [0.15, 0.2) is 0 Å². The van der Waals surface area contributed by atoms with Crippen LogP contribution in [0.3, 0.4) is 0 Å². The number of amides is 1. The fourth-order valence-corrected chi connectivity index (χ4v) is 3.02. The lowest BCUT2D eigenvalue weighted by molar-refractivity contribution is 0.0724. The summed E-state index contributed by atoms with van der Waals surface area (Å²) in [5.74, 6) is -0.499. The van der Waals surface area contributed by atoms with Gasteiger partial charge in [-0.25, -0.2) is 4.39 Å². The summed E-state index contributed by atoms with van der Waals surface area (Å²) >= 11 is 0. The third kappa shape index (κ3) is 3.18. The molecular formula is C20H17FN2O2. The van der Waals surface area contributed by atoms with Crippen LogP contribution in [-0.2, 0) is 6.54 Å². The van der Waals surface area contributed by atoms with E-state index in [0.29, 0.717) is 11.9 Å². The van der Waals surface area contributed by atoms with Gasteiger partial charge in [0.2, 0.25) is 0 Å². The van der Waals surface area contributed by atoms with Crippen molar-refractivity contribution in [1.29, 1.82) is 0 Å². The molecule has 1 aromatic heterocycles. The van der Waals surface area contributed by atoms with Gasteiger partial charge in [-0.15, -0.1) is 0 Å². The van der Waals surface area contributed by atoms with Crippen LogP contribution in [0.15, 0.2) is 59.4 Å². The second kappa shape index (κ2) is 6.16. The Hall–Kier alpha value is -2.95. The van der Waals surface area contributed by atoms with E-state index >= 15 is 0 Å². The summed E-state index contributed by atoms with van der Waals surface area (Å²) < 4.78 is 13.1. The zero-order chi connectivity index (χ0) is 17.4. The van der Waals surface area contributed by atoms with Crippen LogP contribution in [0.1, 0.15) is 28.9 Å². The van der Waals surface area contributed by atoms with Crippen LogP contribution in [0.25, 0.3) is 10.8 Å². The topological polar surface area (TPSA) is 53.2 Å². The van der Waals surface area contributed by atoms with Crippen molar-refractivity contribution >= 4 is 16.7 Å². The lowest BCUT2D eigenvalue weighted by Crippen LogP contribution is -2.34. The van der Waals surface area contributed by atoms with Crippen LogP contribution in [0, 0.1) is 5.82 Å². The third-order valence-corrected chi connectivity index (χ3v) is 4.50. The molecule has 2 aromatic carbocycles. The van der Waals surface area contributed by atoms with Gasteiger partial charge in [0.05, 0.1) is 0 Å². The Kier molecular flexibility index (Phi) is 3.84. The molecule has 25 heavy (non-hydrogen) atoms. The summed E-state index contributed by atoms with van der Waals surface area (Å²) in [6, 6.07) is 15.2. The highest BCUT2D eigenvalue weighted by molar-refractivity contribution is 5.96. The first-order valence-electron chi connectivity index (χ1n) is 8.29. The van der Waals surface area contributed by atoms with Crippen molar-refractivity contribution in [3.05, 3.63) is 82.0 Å². The molecule has 5 heteroatoms. The van der Waals surface area contributed by atoms with E-state index in [-0.39, 0.29) is 29.0 Å².